The Morgan fingerprint density at radius 3 is 2.57 bits per heavy atom. The molecule has 1 saturated heterocycles. The highest BCUT2D eigenvalue weighted by Gasteiger charge is 2.26. The molecule has 118 valence electrons. The third-order valence-corrected chi connectivity index (χ3v) is 3.96. The van der Waals surface area contributed by atoms with Gasteiger partial charge in [0.25, 0.3) is 5.91 Å². The maximum absolute atomic E-state index is 13.3. The van der Waals surface area contributed by atoms with Gasteiger partial charge in [-0.05, 0) is 30.3 Å². The van der Waals surface area contributed by atoms with Crippen LogP contribution in [0.2, 0.25) is 10.0 Å². The van der Waals surface area contributed by atoms with E-state index in [0.717, 1.165) is 0 Å². The van der Waals surface area contributed by atoms with Crippen LogP contribution in [0.4, 0.5) is 10.1 Å². The minimum atomic E-state index is -0.462. The molecule has 0 aromatic heterocycles. The van der Waals surface area contributed by atoms with Crippen LogP contribution < -0.4 is 5.32 Å². The second-order valence-electron chi connectivity index (χ2n) is 4.90. The SMILES string of the molecule is O=C(c1cccc(F)c1)N1CCNC1=Nc1c(Cl)cccc1Cl. The minimum Gasteiger partial charge on any atom is -0.354 e. The van der Waals surface area contributed by atoms with E-state index in [0.29, 0.717) is 34.8 Å². The van der Waals surface area contributed by atoms with Gasteiger partial charge in [-0.1, -0.05) is 35.3 Å². The molecule has 2 aromatic rings. The largest absolute Gasteiger partial charge is 0.354 e. The second kappa shape index (κ2) is 6.56. The summed E-state index contributed by atoms with van der Waals surface area (Å²) >= 11 is 12.2. The molecule has 2 aromatic carbocycles. The zero-order valence-electron chi connectivity index (χ0n) is 11.9. The van der Waals surface area contributed by atoms with E-state index >= 15 is 0 Å². The van der Waals surface area contributed by atoms with Gasteiger partial charge < -0.3 is 5.32 Å². The second-order valence-corrected chi connectivity index (χ2v) is 5.71. The number of para-hydroxylation sites is 1. The van der Waals surface area contributed by atoms with Crippen molar-refractivity contribution in [3.63, 3.8) is 0 Å². The van der Waals surface area contributed by atoms with Gasteiger partial charge in [-0.25, -0.2) is 9.38 Å². The van der Waals surface area contributed by atoms with Crippen molar-refractivity contribution < 1.29 is 9.18 Å². The van der Waals surface area contributed by atoms with Crippen LogP contribution in [0.25, 0.3) is 0 Å². The van der Waals surface area contributed by atoms with Crippen LogP contribution in [0.3, 0.4) is 0 Å². The fourth-order valence-corrected chi connectivity index (χ4v) is 2.74. The molecule has 1 aliphatic rings. The number of nitrogens with one attached hydrogen (secondary N) is 1. The Morgan fingerprint density at radius 2 is 1.87 bits per heavy atom. The first-order chi connectivity index (χ1) is 11.1. The van der Waals surface area contributed by atoms with Gasteiger partial charge in [-0.15, -0.1) is 0 Å². The molecular formula is C16H12Cl2FN3O. The van der Waals surface area contributed by atoms with Crippen molar-refractivity contribution >= 4 is 40.8 Å². The zero-order valence-corrected chi connectivity index (χ0v) is 13.4. The van der Waals surface area contributed by atoms with Crippen LogP contribution in [-0.4, -0.2) is 29.9 Å². The highest BCUT2D eigenvalue weighted by molar-refractivity contribution is 6.38. The van der Waals surface area contributed by atoms with E-state index in [9.17, 15) is 9.18 Å². The fourth-order valence-electron chi connectivity index (χ4n) is 2.26. The minimum absolute atomic E-state index is 0.256. The number of hydrogen-bond acceptors (Lipinski definition) is 2. The number of guanidine groups is 1. The molecule has 0 atom stereocenters. The number of carbonyl (C=O) groups is 1. The summed E-state index contributed by atoms with van der Waals surface area (Å²) in [4.78, 5) is 18.3. The Balaban J connectivity index is 1.94. The molecule has 1 N–H and O–H groups in total. The Bertz CT molecular complexity index is 774. The molecule has 4 nitrogen and oxygen atoms in total. The van der Waals surface area contributed by atoms with Gasteiger partial charge in [0.05, 0.1) is 10.0 Å². The lowest BCUT2D eigenvalue weighted by atomic mass is 10.2. The Kier molecular flexibility index (Phi) is 4.50. The Morgan fingerprint density at radius 1 is 1.17 bits per heavy atom. The molecule has 0 saturated carbocycles. The van der Waals surface area contributed by atoms with E-state index in [4.69, 9.17) is 23.2 Å². The number of rotatable bonds is 2. The molecule has 0 radical (unpaired) electrons. The summed E-state index contributed by atoms with van der Waals surface area (Å²) in [6, 6.07) is 10.6. The number of amides is 1. The molecule has 1 heterocycles. The topological polar surface area (TPSA) is 44.7 Å². The lowest BCUT2D eigenvalue weighted by Crippen LogP contribution is -2.35. The van der Waals surface area contributed by atoms with Gasteiger partial charge in [-0.3, -0.25) is 9.69 Å². The Hall–Kier alpha value is -2.11. The van der Waals surface area contributed by atoms with Crippen LogP contribution in [-0.2, 0) is 0 Å². The summed E-state index contributed by atoms with van der Waals surface area (Å²) in [6.07, 6.45) is 0. The number of carbonyl (C=O) groups excluding carboxylic acids is 1. The summed E-state index contributed by atoms with van der Waals surface area (Å²) in [5, 5.41) is 3.79. The lowest BCUT2D eigenvalue weighted by molar-refractivity contribution is 0.0858. The van der Waals surface area contributed by atoms with Crippen molar-refractivity contribution in [3.8, 4) is 0 Å². The van der Waals surface area contributed by atoms with Crippen molar-refractivity contribution in [2.24, 2.45) is 4.99 Å². The van der Waals surface area contributed by atoms with Crippen molar-refractivity contribution in [1.82, 2.24) is 10.2 Å². The first-order valence-corrected chi connectivity index (χ1v) is 7.66. The normalized spacial score (nSPS) is 15.8. The number of halogens is 3. The molecule has 0 spiro atoms. The molecule has 0 unspecified atom stereocenters. The van der Waals surface area contributed by atoms with E-state index in [1.165, 1.54) is 23.1 Å². The average molecular weight is 352 g/mol. The van der Waals surface area contributed by atoms with Crippen molar-refractivity contribution in [2.75, 3.05) is 13.1 Å². The van der Waals surface area contributed by atoms with Gasteiger partial charge in [0.1, 0.15) is 11.5 Å². The first-order valence-electron chi connectivity index (χ1n) is 6.90. The van der Waals surface area contributed by atoms with Gasteiger partial charge in [0.15, 0.2) is 0 Å². The number of nitrogens with zero attached hydrogens (tertiary/aromatic N) is 2. The molecule has 23 heavy (non-hydrogen) atoms. The summed E-state index contributed by atoms with van der Waals surface area (Å²) < 4.78 is 13.3. The molecule has 7 heteroatoms. The van der Waals surface area contributed by atoms with Crippen LogP contribution >= 0.6 is 23.2 Å². The highest BCUT2D eigenvalue weighted by Crippen LogP contribution is 2.33. The average Bonchev–Trinajstić information content (AvgIpc) is 2.98. The standard InChI is InChI=1S/C16H12Cl2FN3O/c17-12-5-2-6-13(18)14(12)21-16-20-7-8-22(16)15(23)10-3-1-4-11(19)9-10/h1-6,9H,7-8H2,(H,20,21). The first kappa shape index (κ1) is 15.8. The fraction of sp³-hybridized carbons (Fsp3) is 0.125. The summed E-state index contributed by atoms with van der Waals surface area (Å²) in [5.41, 5.74) is 0.643. The predicted molar refractivity (Wildman–Crippen MR) is 89.0 cm³/mol. The van der Waals surface area contributed by atoms with Crippen LogP contribution in [0.15, 0.2) is 47.5 Å². The number of aliphatic imine (C=N–C) groups is 1. The number of benzene rings is 2. The van der Waals surface area contributed by atoms with Gasteiger partial charge in [0, 0.05) is 18.7 Å². The monoisotopic (exact) mass is 351 g/mol. The smallest absolute Gasteiger partial charge is 0.260 e. The quantitative estimate of drug-likeness (QED) is 0.892. The van der Waals surface area contributed by atoms with E-state index in [2.05, 4.69) is 10.3 Å². The summed E-state index contributed by atoms with van der Waals surface area (Å²) in [7, 11) is 0. The van der Waals surface area contributed by atoms with Gasteiger partial charge in [0.2, 0.25) is 5.96 Å². The van der Waals surface area contributed by atoms with Gasteiger partial charge >= 0.3 is 0 Å². The summed E-state index contributed by atoms with van der Waals surface area (Å²) in [5.74, 6) is -0.457. The van der Waals surface area contributed by atoms with E-state index in [-0.39, 0.29) is 11.5 Å². The lowest BCUT2D eigenvalue weighted by Gasteiger charge is -2.16. The maximum atomic E-state index is 13.3. The molecule has 0 bridgehead atoms. The van der Waals surface area contributed by atoms with E-state index in [1.54, 1.807) is 24.3 Å². The molecule has 0 aliphatic carbocycles. The molecule has 1 fully saturated rings. The molecule has 1 amide bonds. The van der Waals surface area contributed by atoms with Crippen LogP contribution in [0.1, 0.15) is 10.4 Å². The molecule has 3 rings (SSSR count). The van der Waals surface area contributed by atoms with Crippen molar-refractivity contribution in [2.45, 2.75) is 0 Å². The molecular weight excluding hydrogens is 340 g/mol. The third kappa shape index (κ3) is 3.30. The van der Waals surface area contributed by atoms with Crippen LogP contribution in [0.5, 0.6) is 0 Å². The van der Waals surface area contributed by atoms with Gasteiger partial charge in [-0.2, -0.15) is 0 Å². The third-order valence-electron chi connectivity index (χ3n) is 3.35. The number of hydrogen-bond donors (Lipinski definition) is 1. The van der Waals surface area contributed by atoms with Crippen molar-refractivity contribution in [3.05, 3.63) is 63.9 Å². The zero-order chi connectivity index (χ0) is 16.4. The predicted octanol–water partition coefficient (Wildman–Crippen LogP) is 3.87. The van der Waals surface area contributed by atoms with E-state index in [1.807, 2.05) is 0 Å². The Labute approximate surface area is 142 Å². The van der Waals surface area contributed by atoms with Crippen molar-refractivity contribution in [1.29, 1.82) is 0 Å². The highest BCUT2D eigenvalue weighted by atomic mass is 35.5. The molecule has 1 aliphatic heterocycles. The van der Waals surface area contributed by atoms with Crippen LogP contribution in [0, 0.1) is 5.82 Å². The summed E-state index contributed by atoms with van der Waals surface area (Å²) in [6.45, 7) is 0.970. The van der Waals surface area contributed by atoms with E-state index < -0.39 is 5.82 Å². The maximum Gasteiger partial charge on any atom is 0.260 e.